The van der Waals surface area contributed by atoms with Gasteiger partial charge in [-0.1, -0.05) is 24.3 Å². The number of aromatic hydroxyl groups is 1. The van der Waals surface area contributed by atoms with E-state index >= 15 is 0 Å². The molecule has 0 amide bonds. The van der Waals surface area contributed by atoms with Crippen molar-refractivity contribution in [3.63, 3.8) is 0 Å². The van der Waals surface area contributed by atoms with E-state index in [4.69, 9.17) is 0 Å². The fourth-order valence-electron chi connectivity index (χ4n) is 3.34. The Hall–Kier alpha value is -2.60. The van der Waals surface area contributed by atoms with Gasteiger partial charge in [-0.3, -0.25) is 10.1 Å². The zero-order chi connectivity index (χ0) is 17.1. The SMILES string of the molecule is C[C@@H](c1cccc([N+](=O)[O-])c1)[NH+]1CCN(c2ccccc2O)CC1. The van der Waals surface area contributed by atoms with Crippen LogP contribution in [0.4, 0.5) is 11.4 Å². The topological polar surface area (TPSA) is 71.0 Å². The lowest BCUT2D eigenvalue weighted by Gasteiger charge is -2.36. The Balaban J connectivity index is 1.67. The summed E-state index contributed by atoms with van der Waals surface area (Å²) in [6.45, 7) is 5.68. The lowest BCUT2D eigenvalue weighted by molar-refractivity contribution is -0.930. The molecule has 3 rings (SSSR count). The maximum atomic E-state index is 11.0. The third-order valence-electron chi connectivity index (χ3n) is 4.82. The summed E-state index contributed by atoms with van der Waals surface area (Å²) in [5.41, 5.74) is 2.02. The minimum atomic E-state index is -0.346. The number of nitro benzene ring substituents is 1. The number of nitro groups is 1. The van der Waals surface area contributed by atoms with Gasteiger partial charge >= 0.3 is 0 Å². The van der Waals surface area contributed by atoms with Gasteiger partial charge in [0.25, 0.3) is 5.69 Å². The van der Waals surface area contributed by atoms with Gasteiger partial charge in [0.05, 0.1) is 36.8 Å². The van der Waals surface area contributed by atoms with Gasteiger partial charge in [0.2, 0.25) is 0 Å². The molecular formula is C18H22N3O3+. The minimum Gasteiger partial charge on any atom is -0.506 e. The molecule has 1 aliphatic heterocycles. The second-order valence-electron chi connectivity index (χ2n) is 6.21. The van der Waals surface area contributed by atoms with Crippen LogP contribution in [0.25, 0.3) is 0 Å². The smallest absolute Gasteiger partial charge is 0.269 e. The maximum Gasteiger partial charge on any atom is 0.269 e. The predicted molar refractivity (Wildman–Crippen MR) is 92.5 cm³/mol. The van der Waals surface area contributed by atoms with E-state index in [0.717, 1.165) is 37.4 Å². The molecule has 2 aromatic carbocycles. The van der Waals surface area contributed by atoms with Gasteiger partial charge in [0.15, 0.2) is 0 Å². The van der Waals surface area contributed by atoms with Crippen LogP contribution in [0.5, 0.6) is 5.75 Å². The van der Waals surface area contributed by atoms with E-state index in [1.165, 1.54) is 11.0 Å². The van der Waals surface area contributed by atoms with E-state index in [2.05, 4.69) is 11.8 Å². The molecule has 2 N–H and O–H groups in total. The third-order valence-corrected chi connectivity index (χ3v) is 4.82. The number of phenolic OH excluding ortho intramolecular Hbond substituents is 1. The van der Waals surface area contributed by atoms with E-state index < -0.39 is 0 Å². The first-order valence-electron chi connectivity index (χ1n) is 8.18. The molecule has 1 aliphatic rings. The van der Waals surface area contributed by atoms with Crippen molar-refractivity contribution in [2.24, 2.45) is 0 Å². The van der Waals surface area contributed by atoms with Gasteiger partial charge in [0, 0.05) is 17.7 Å². The molecule has 126 valence electrons. The van der Waals surface area contributed by atoms with Crippen molar-refractivity contribution < 1.29 is 14.9 Å². The second-order valence-corrected chi connectivity index (χ2v) is 6.21. The first-order valence-corrected chi connectivity index (χ1v) is 8.18. The zero-order valence-electron chi connectivity index (χ0n) is 13.7. The minimum absolute atomic E-state index is 0.145. The molecule has 1 fully saturated rings. The fourth-order valence-corrected chi connectivity index (χ4v) is 3.34. The Morgan fingerprint density at radius 1 is 1.17 bits per heavy atom. The molecule has 0 bridgehead atoms. The van der Waals surface area contributed by atoms with Gasteiger partial charge in [-0.25, -0.2) is 0 Å². The van der Waals surface area contributed by atoms with Gasteiger partial charge in [-0.2, -0.15) is 0 Å². The molecule has 1 atom stereocenters. The molecule has 1 saturated heterocycles. The lowest BCUT2D eigenvalue weighted by Crippen LogP contribution is -3.14. The molecule has 24 heavy (non-hydrogen) atoms. The standard InChI is InChI=1S/C18H21N3O3/c1-14(15-5-4-6-16(13-15)21(23)24)19-9-11-20(12-10-19)17-7-2-3-8-18(17)22/h2-8,13-14,22H,9-12H2,1H3/p+1/t14-/m0/s1. The second kappa shape index (κ2) is 6.88. The molecule has 0 aromatic heterocycles. The summed E-state index contributed by atoms with van der Waals surface area (Å²) in [6, 6.07) is 14.5. The highest BCUT2D eigenvalue weighted by Gasteiger charge is 2.27. The van der Waals surface area contributed by atoms with Crippen molar-refractivity contribution in [1.29, 1.82) is 0 Å². The summed E-state index contributed by atoms with van der Waals surface area (Å²) in [7, 11) is 0. The Bertz CT molecular complexity index is 727. The van der Waals surface area contributed by atoms with Crippen molar-refractivity contribution in [1.82, 2.24) is 0 Å². The number of piperazine rings is 1. The molecule has 6 nitrogen and oxygen atoms in total. The Morgan fingerprint density at radius 3 is 2.54 bits per heavy atom. The zero-order valence-corrected chi connectivity index (χ0v) is 13.7. The molecule has 2 aromatic rings. The number of quaternary nitrogens is 1. The summed E-state index contributed by atoms with van der Waals surface area (Å²) in [4.78, 5) is 14.2. The molecule has 1 heterocycles. The number of nitrogens with zero attached hydrogens (tertiary/aromatic N) is 2. The Kier molecular flexibility index (Phi) is 4.66. The van der Waals surface area contributed by atoms with Crippen molar-refractivity contribution in [2.45, 2.75) is 13.0 Å². The van der Waals surface area contributed by atoms with E-state index in [9.17, 15) is 15.2 Å². The lowest BCUT2D eigenvalue weighted by atomic mass is 10.1. The average Bonchev–Trinajstić information content (AvgIpc) is 2.62. The normalized spacial score (nSPS) is 16.8. The average molecular weight is 328 g/mol. The predicted octanol–water partition coefficient (Wildman–Crippen LogP) is 1.77. The third kappa shape index (κ3) is 3.33. The highest BCUT2D eigenvalue weighted by atomic mass is 16.6. The van der Waals surface area contributed by atoms with Gasteiger partial charge in [0.1, 0.15) is 11.8 Å². The summed E-state index contributed by atoms with van der Waals surface area (Å²) >= 11 is 0. The van der Waals surface area contributed by atoms with Gasteiger partial charge in [-0.05, 0) is 19.1 Å². The summed E-state index contributed by atoms with van der Waals surface area (Å²) in [5.74, 6) is 0.313. The van der Waals surface area contributed by atoms with Crippen LogP contribution in [0.2, 0.25) is 0 Å². The Labute approximate surface area is 141 Å². The first kappa shape index (κ1) is 16.3. The highest BCUT2D eigenvalue weighted by molar-refractivity contribution is 5.57. The van der Waals surface area contributed by atoms with Crippen molar-refractivity contribution in [3.8, 4) is 5.75 Å². The van der Waals surface area contributed by atoms with Crippen LogP contribution < -0.4 is 9.80 Å². The number of rotatable bonds is 4. The number of para-hydroxylation sites is 2. The molecule has 0 spiro atoms. The molecule has 0 aliphatic carbocycles. The number of nitrogens with one attached hydrogen (secondary N) is 1. The molecular weight excluding hydrogens is 306 g/mol. The van der Waals surface area contributed by atoms with E-state index in [1.807, 2.05) is 24.3 Å². The summed E-state index contributed by atoms with van der Waals surface area (Å²) in [5, 5.41) is 20.9. The number of phenols is 1. The van der Waals surface area contributed by atoms with Crippen molar-refractivity contribution in [2.75, 3.05) is 31.1 Å². The van der Waals surface area contributed by atoms with Crippen LogP contribution in [-0.4, -0.2) is 36.2 Å². The van der Waals surface area contributed by atoms with Crippen molar-refractivity contribution >= 4 is 11.4 Å². The first-order chi connectivity index (χ1) is 11.6. The van der Waals surface area contributed by atoms with Crippen LogP contribution in [0.1, 0.15) is 18.5 Å². The van der Waals surface area contributed by atoms with E-state index in [1.54, 1.807) is 18.2 Å². The largest absolute Gasteiger partial charge is 0.506 e. The number of anilines is 1. The molecule has 0 saturated carbocycles. The molecule has 0 unspecified atom stereocenters. The van der Waals surface area contributed by atoms with E-state index in [0.29, 0.717) is 5.75 Å². The van der Waals surface area contributed by atoms with Crippen LogP contribution in [0.3, 0.4) is 0 Å². The van der Waals surface area contributed by atoms with Gasteiger partial charge in [-0.15, -0.1) is 0 Å². The summed E-state index contributed by atoms with van der Waals surface area (Å²) in [6.07, 6.45) is 0. The molecule has 6 heteroatoms. The van der Waals surface area contributed by atoms with Crippen LogP contribution >= 0.6 is 0 Å². The van der Waals surface area contributed by atoms with E-state index in [-0.39, 0.29) is 16.7 Å². The number of hydrogen-bond acceptors (Lipinski definition) is 4. The molecule has 0 radical (unpaired) electrons. The monoisotopic (exact) mass is 328 g/mol. The fraction of sp³-hybridized carbons (Fsp3) is 0.333. The number of non-ortho nitro benzene ring substituents is 1. The van der Waals surface area contributed by atoms with Crippen LogP contribution in [0.15, 0.2) is 48.5 Å². The summed E-state index contributed by atoms with van der Waals surface area (Å²) < 4.78 is 0. The number of benzene rings is 2. The quantitative estimate of drug-likeness (QED) is 0.663. The van der Waals surface area contributed by atoms with Crippen LogP contribution in [-0.2, 0) is 0 Å². The van der Waals surface area contributed by atoms with Crippen LogP contribution in [0, 0.1) is 10.1 Å². The highest BCUT2D eigenvalue weighted by Crippen LogP contribution is 2.26. The van der Waals surface area contributed by atoms with Gasteiger partial charge < -0.3 is 14.9 Å². The maximum absolute atomic E-state index is 11.0. The Morgan fingerprint density at radius 2 is 1.88 bits per heavy atom. The number of hydrogen-bond donors (Lipinski definition) is 2. The van der Waals surface area contributed by atoms with Crippen molar-refractivity contribution in [3.05, 3.63) is 64.2 Å².